The number of pyridine rings is 3. The lowest BCUT2D eigenvalue weighted by Gasteiger charge is -2.13. The first kappa shape index (κ1) is 20.4. The maximum atomic E-state index is 14.3. The Hall–Kier alpha value is -3.88. The minimum atomic E-state index is -0.431. The Bertz CT molecular complexity index is 1270. The highest BCUT2D eigenvalue weighted by molar-refractivity contribution is 5.91. The molecule has 0 atom stereocenters. The predicted octanol–water partition coefficient (Wildman–Crippen LogP) is 3.52. The third-order valence-corrected chi connectivity index (χ3v) is 4.80. The number of halogens is 1. The summed E-state index contributed by atoms with van der Waals surface area (Å²) in [5.74, 6) is -0.565. The van der Waals surface area contributed by atoms with Crippen molar-refractivity contribution in [3.63, 3.8) is 0 Å². The van der Waals surface area contributed by atoms with E-state index in [1.165, 1.54) is 6.07 Å². The van der Waals surface area contributed by atoms with Gasteiger partial charge in [-0.25, -0.2) is 9.37 Å². The van der Waals surface area contributed by atoms with Crippen molar-refractivity contribution in [2.75, 3.05) is 11.9 Å². The first-order chi connectivity index (χ1) is 15.0. The van der Waals surface area contributed by atoms with Crippen molar-refractivity contribution < 1.29 is 9.18 Å². The molecule has 4 rings (SSSR count). The lowest BCUT2D eigenvalue weighted by Crippen LogP contribution is -2.27. The minimum Gasteiger partial charge on any atom is -0.355 e. The Morgan fingerprint density at radius 3 is 2.77 bits per heavy atom. The van der Waals surface area contributed by atoms with Crippen LogP contribution in [0.2, 0.25) is 0 Å². The quantitative estimate of drug-likeness (QED) is 0.496. The zero-order valence-electron chi connectivity index (χ0n) is 17.5. The number of hydrogen-bond donors (Lipinski definition) is 2. The number of aryl methyl sites for hydroxylation is 2. The fourth-order valence-corrected chi connectivity index (χ4v) is 3.28. The number of anilines is 2. The third-order valence-electron chi connectivity index (χ3n) is 4.80. The molecule has 0 radical (unpaired) electrons. The van der Waals surface area contributed by atoms with E-state index in [-0.39, 0.29) is 18.1 Å². The molecule has 31 heavy (non-hydrogen) atoms. The zero-order valence-corrected chi connectivity index (χ0v) is 17.5. The van der Waals surface area contributed by atoms with Crippen LogP contribution in [-0.4, -0.2) is 37.2 Å². The van der Waals surface area contributed by atoms with E-state index in [4.69, 9.17) is 0 Å². The Morgan fingerprint density at radius 2 is 1.97 bits per heavy atom. The fraction of sp³-hybridized carbons (Fsp3) is 0.227. The van der Waals surface area contributed by atoms with Gasteiger partial charge in [-0.2, -0.15) is 5.10 Å². The molecule has 0 unspecified atom stereocenters. The Kier molecular flexibility index (Phi) is 5.57. The molecule has 2 N–H and O–H groups in total. The van der Waals surface area contributed by atoms with Gasteiger partial charge in [0.2, 0.25) is 5.91 Å². The van der Waals surface area contributed by atoms with E-state index in [1.807, 2.05) is 19.9 Å². The van der Waals surface area contributed by atoms with E-state index < -0.39 is 5.82 Å². The Labute approximate surface area is 178 Å². The van der Waals surface area contributed by atoms with E-state index in [2.05, 4.69) is 30.7 Å². The third kappa shape index (κ3) is 4.20. The molecule has 0 spiro atoms. The van der Waals surface area contributed by atoms with Crippen molar-refractivity contribution in [1.82, 2.24) is 30.0 Å². The molecule has 4 aromatic heterocycles. The second kappa shape index (κ2) is 8.47. The molecule has 158 valence electrons. The summed E-state index contributed by atoms with van der Waals surface area (Å²) in [4.78, 5) is 25.1. The van der Waals surface area contributed by atoms with Crippen LogP contribution in [0.15, 0.2) is 42.9 Å². The number of nitrogens with zero attached hydrogens (tertiary/aromatic N) is 5. The van der Waals surface area contributed by atoms with Crippen LogP contribution < -0.4 is 10.6 Å². The normalized spacial score (nSPS) is 11.0. The molecule has 0 fully saturated rings. The van der Waals surface area contributed by atoms with Crippen LogP contribution in [0.5, 0.6) is 0 Å². The fourth-order valence-electron chi connectivity index (χ4n) is 3.28. The Balaban J connectivity index is 1.73. The second-order valence-electron chi connectivity index (χ2n) is 7.14. The topological polar surface area (TPSA) is 97.6 Å². The standard InChI is InChI=1S/C22H22FN7O/c1-4-24-20(31)12-30-22-16(7-8-25-19(22)11-27-30)29-17-9-18(26-10-13(17)2)21-15(23)6-5-14(3)28-21/h5-11H,4,12H2,1-3H3,(H,24,31)(H,25,26,29). The van der Waals surface area contributed by atoms with Crippen molar-refractivity contribution in [2.24, 2.45) is 0 Å². The van der Waals surface area contributed by atoms with E-state index in [0.717, 1.165) is 16.9 Å². The van der Waals surface area contributed by atoms with Gasteiger partial charge in [0.25, 0.3) is 0 Å². The number of carbonyl (C=O) groups is 1. The maximum absolute atomic E-state index is 14.3. The van der Waals surface area contributed by atoms with Gasteiger partial charge in [0, 0.05) is 30.3 Å². The molecule has 0 aliphatic heterocycles. The van der Waals surface area contributed by atoms with Gasteiger partial charge < -0.3 is 10.6 Å². The van der Waals surface area contributed by atoms with E-state index in [9.17, 15) is 9.18 Å². The largest absolute Gasteiger partial charge is 0.355 e. The lowest BCUT2D eigenvalue weighted by atomic mass is 10.1. The van der Waals surface area contributed by atoms with Gasteiger partial charge in [-0.15, -0.1) is 0 Å². The molecule has 9 heteroatoms. The van der Waals surface area contributed by atoms with Crippen LogP contribution in [0.4, 0.5) is 15.8 Å². The number of carbonyl (C=O) groups excluding carboxylic acids is 1. The number of rotatable bonds is 6. The molecule has 0 aliphatic carbocycles. The van der Waals surface area contributed by atoms with Crippen LogP contribution in [0.1, 0.15) is 18.2 Å². The average Bonchev–Trinajstić information content (AvgIpc) is 3.15. The molecule has 0 saturated carbocycles. The zero-order chi connectivity index (χ0) is 22.0. The molecule has 0 aliphatic rings. The highest BCUT2D eigenvalue weighted by Crippen LogP contribution is 2.29. The summed E-state index contributed by atoms with van der Waals surface area (Å²) in [6.07, 6.45) is 4.96. The van der Waals surface area contributed by atoms with E-state index >= 15 is 0 Å². The lowest BCUT2D eigenvalue weighted by molar-refractivity contribution is -0.121. The summed E-state index contributed by atoms with van der Waals surface area (Å²) in [6, 6.07) is 6.58. The van der Waals surface area contributed by atoms with Gasteiger partial charge in [-0.1, -0.05) is 0 Å². The summed E-state index contributed by atoms with van der Waals surface area (Å²) in [5, 5.41) is 10.4. The molecular weight excluding hydrogens is 397 g/mol. The summed E-state index contributed by atoms with van der Waals surface area (Å²) < 4.78 is 15.9. The first-order valence-electron chi connectivity index (χ1n) is 9.90. The van der Waals surface area contributed by atoms with Gasteiger partial charge in [-0.05, 0) is 50.6 Å². The molecular formula is C22H22FN7O. The van der Waals surface area contributed by atoms with Crippen molar-refractivity contribution in [1.29, 1.82) is 0 Å². The van der Waals surface area contributed by atoms with Crippen LogP contribution in [0.3, 0.4) is 0 Å². The maximum Gasteiger partial charge on any atom is 0.241 e. The van der Waals surface area contributed by atoms with Crippen molar-refractivity contribution >= 4 is 28.3 Å². The van der Waals surface area contributed by atoms with Gasteiger partial charge in [-0.3, -0.25) is 19.4 Å². The number of hydrogen-bond acceptors (Lipinski definition) is 6. The Morgan fingerprint density at radius 1 is 1.13 bits per heavy atom. The molecule has 8 nitrogen and oxygen atoms in total. The molecule has 1 amide bonds. The van der Waals surface area contributed by atoms with Crippen LogP contribution in [0.25, 0.3) is 22.4 Å². The van der Waals surface area contributed by atoms with E-state index in [0.29, 0.717) is 29.0 Å². The number of fused-ring (bicyclic) bond motifs is 1. The second-order valence-corrected chi connectivity index (χ2v) is 7.14. The monoisotopic (exact) mass is 419 g/mol. The smallest absolute Gasteiger partial charge is 0.241 e. The molecule has 0 aromatic carbocycles. The minimum absolute atomic E-state index is 0.0801. The van der Waals surface area contributed by atoms with Crippen molar-refractivity contribution in [2.45, 2.75) is 27.3 Å². The molecule has 0 saturated heterocycles. The summed E-state index contributed by atoms with van der Waals surface area (Å²) in [5.41, 5.74) is 5.03. The van der Waals surface area contributed by atoms with Gasteiger partial charge in [0.1, 0.15) is 23.3 Å². The van der Waals surface area contributed by atoms with Gasteiger partial charge >= 0.3 is 0 Å². The van der Waals surface area contributed by atoms with Crippen LogP contribution >= 0.6 is 0 Å². The molecule has 4 heterocycles. The predicted molar refractivity (Wildman–Crippen MR) is 116 cm³/mol. The van der Waals surface area contributed by atoms with Gasteiger partial charge in [0.05, 0.1) is 17.6 Å². The molecule has 0 bridgehead atoms. The van der Waals surface area contributed by atoms with E-state index in [1.54, 1.807) is 42.3 Å². The van der Waals surface area contributed by atoms with Crippen molar-refractivity contribution in [3.8, 4) is 11.4 Å². The summed E-state index contributed by atoms with van der Waals surface area (Å²) >= 11 is 0. The number of aromatic nitrogens is 5. The van der Waals surface area contributed by atoms with Crippen molar-refractivity contribution in [3.05, 3.63) is 59.9 Å². The number of likely N-dealkylation sites (N-methyl/N-ethyl adjacent to an activating group) is 1. The highest BCUT2D eigenvalue weighted by atomic mass is 19.1. The highest BCUT2D eigenvalue weighted by Gasteiger charge is 2.15. The SMILES string of the molecule is CCNC(=O)Cn1ncc2nccc(Nc3cc(-c4nc(C)ccc4F)ncc3C)c21. The van der Waals surface area contributed by atoms with Gasteiger partial charge in [0.15, 0.2) is 5.82 Å². The number of amides is 1. The summed E-state index contributed by atoms with van der Waals surface area (Å²) in [7, 11) is 0. The van der Waals surface area contributed by atoms with Crippen LogP contribution in [-0.2, 0) is 11.3 Å². The average molecular weight is 419 g/mol. The van der Waals surface area contributed by atoms with Crippen LogP contribution in [0, 0.1) is 19.7 Å². The number of nitrogens with one attached hydrogen (secondary N) is 2. The molecule has 4 aromatic rings. The summed E-state index contributed by atoms with van der Waals surface area (Å²) in [6.45, 7) is 6.20. The first-order valence-corrected chi connectivity index (χ1v) is 9.90.